The molecular formula is C12H8BrCl2NOS. The maximum absolute atomic E-state index is 12.3. The standard InChI is InChI=1S/C12H8BrCl2NOS/c1-5-8(13)4-10(18-5)12(17)7-2-6(16)3-9(14)11(7)15/h2-4H,16H2,1H3. The molecule has 0 aliphatic rings. The molecule has 0 aliphatic heterocycles. The van der Waals surface area contributed by atoms with Gasteiger partial charge in [0, 0.05) is 20.6 Å². The number of benzene rings is 1. The fourth-order valence-electron chi connectivity index (χ4n) is 1.48. The Morgan fingerprint density at radius 1 is 1.33 bits per heavy atom. The van der Waals surface area contributed by atoms with Crippen LogP contribution in [0, 0.1) is 6.92 Å². The summed E-state index contributed by atoms with van der Waals surface area (Å²) in [7, 11) is 0. The van der Waals surface area contributed by atoms with E-state index in [-0.39, 0.29) is 15.8 Å². The Morgan fingerprint density at radius 2 is 2.00 bits per heavy atom. The normalized spacial score (nSPS) is 10.7. The van der Waals surface area contributed by atoms with Gasteiger partial charge in [0.05, 0.1) is 14.9 Å². The number of aryl methyl sites for hydroxylation is 1. The van der Waals surface area contributed by atoms with Gasteiger partial charge in [-0.1, -0.05) is 23.2 Å². The molecule has 0 radical (unpaired) electrons. The molecule has 0 aliphatic carbocycles. The number of halogens is 3. The second-order valence-corrected chi connectivity index (χ2v) is 6.60. The maximum atomic E-state index is 12.3. The first-order chi connectivity index (χ1) is 8.40. The van der Waals surface area contributed by atoms with Crippen LogP contribution in [0.25, 0.3) is 0 Å². The van der Waals surface area contributed by atoms with Crippen LogP contribution in [0.15, 0.2) is 22.7 Å². The minimum atomic E-state index is -0.173. The van der Waals surface area contributed by atoms with Gasteiger partial charge in [0.15, 0.2) is 0 Å². The zero-order chi connectivity index (χ0) is 13.4. The zero-order valence-corrected chi connectivity index (χ0v) is 13.2. The smallest absolute Gasteiger partial charge is 0.204 e. The van der Waals surface area contributed by atoms with Gasteiger partial charge in [0.25, 0.3) is 0 Å². The quantitative estimate of drug-likeness (QED) is 0.605. The lowest BCUT2D eigenvalue weighted by molar-refractivity contribution is 0.104. The summed E-state index contributed by atoms with van der Waals surface area (Å²) >= 11 is 16.7. The zero-order valence-electron chi connectivity index (χ0n) is 9.26. The van der Waals surface area contributed by atoms with Gasteiger partial charge < -0.3 is 5.73 Å². The van der Waals surface area contributed by atoms with Gasteiger partial charge >= 0.3 is 0 Å². The minimum absolute atomic E-state index is 0.173. The summed E-state index contributed by atoms with van der Waals surface area (Å²) in [5, 5.41) is 0.519. The Morgan fingerprint density at radius 3 is 2.56 bits per heavy atom. The number of carbonyl (C=O) groups is 1. The number of hydrogen-bond acceptors (Lipinski definition) is 3. The molecular weight excluding hydrogens is 357 g/mol. The van der Waals surface area contributed by atoms with Crippen molar-refractivity contribution in [2.45, 2.75) is 6.92 Å². The van der Waals surface area contributed by atoms with Gasteiger partial charge in [-0.2, -0.15) is 0 Å². The van der Waals surface area contributed by atoms with Crippen LogP contribution in [0.4, 0.5) is 5.69 Å². The molecule has 2 aromatic rings. The van der Waals surface area contributed by atoms with Crippen LogP contribution in [0.3, 0.4) is 0 Å². The van der Waals surface area contributed by atoms with Crippen LogP contribution in [0.1, 0.15) is 20.1 Å². The third-order valence-corrected chi connectivity index (χ3v) is 5.31. The summed E-state index contributed by atoms with van der Waals surface area (Å²) in [4.78, 5) is 14.0. The van der Waals surface area contributed by atoms with E-state index in [1.165, 1.54) is 17.4 Å². The predicted octanol–water partition coefficient (Wildman–Crippen LogP) is 4.94. The van der Waals surface area contributed by atoms with Crippen molar-refractivity contribution in [2.24, 2.45) is 0 Å². The second kappa shape index (κ2) is 5.21. The number of hydrogen-bond donors (Lipinski definition) is 1. The van der Waals surface area contributed by atoms with E-state index in [0.29, 0.717) is 16.1 Å². The monoisotopic (exact) mass is 363 g/mol. The minimum Gasteiger partial charge on any atom is -0.399 e. The Labute approximate surface area is 127 Å². The summed E-state index contributed by atoms with van der Waals surface area (Å²) in [5.74, 6) is -0.173. The third kappa shape index (κ3) is 2.57. The Balaban J connectivity index is 2.52. The molecule has 1 aromatic carbocycles. The topological polar surface area (TPSA) is 43.1 Å². The van der Waals surface area contributed by atoms with Crippen LogP contribution in [-0.2, 0) is 0 Å². The molecule has 0 fully saturated rings. The largest absolute Gasteiger partial charge is 0.399 e. The van der Waals surface area contributed by atoms with Crippen LogP contribution in [0.2, 0.25) is 10.0 Å². The Hall–Kier alpha value is -0.550. The van der Waals surface area contributed by atoms with Crippen molar-refractivity contribution in [3.63, 3.8) is 0 Å². The van der Waals surface area contributed by atoms with Crippen LogP contribution >= 0.6 is 50.5 Å². The van der Waals surface area contributed by atoms with Crippen LogP contribution in [-0.4, -0.2) is 5.78 Å². The fraction of sp³-hybridized carbons (Fsp3) is 0.0833. The van der Waals surface area contributed by atoms with E-state index < -0.39 is 0 Å². The fourth-order valence-corrected chi connectivity index (χ4v) is 3.39. The van der Waals surface area contributed by atoms with Crippen molar-refractivity contribution in [3.05, 3.63) is 48.0 Å². The molecule has 0 unspecified atom stereocenters. The first-order valence-electron chi connectivity index (χ1n) is 4.95. The lowest BCUT2D eigenvalue weighted by atomic mass is 10.1. The average Bonchev–Trinajstić information content (AvgIpc) is 2.63. The molecule has 2 rings (SSSR count). The van der Waals surface area contributed by atoms with Crippen molar-refractivity contribution >= 4 is 61.9 Å². The second-order valence-electron chi connectivity index (χ2n) is 3.71. The molecule has 0 atom stereocenters. The molecule has 0 saturated carbocycles. The van der Waals surface area contributed by atoms with E-state index in [4.69, 9.17) is 28.9 Å². The lowest BCUT2D eigenvalue weighted by Gasteiger charge is -2.05. The number of nitrogen functional groups attached to an aromatic ring is 1. The van der Waals surface area contributed by atoms with E-state index >= 15 is 0 Å². The number of ketones is 1. The highest BCUT2D eigenvalue weighted by molar-refractivity contribution is 9.10. The molecule has 0 amide bonds. The highest BCUT2D eigenvalue weighted by Crippen LogP contribution is 2.33. The molecule has 1 aromatic heterocycles. The van der Waals surface area contributed by atoms with E-state index in [2.05, 4.69) is 15.9 Å². The first-order valence-corrected chi connectivity index (χ1v) is 7.32. The van der Waals surface area contributed by atoms with E-state index in [0.717, 1.165) is 9.35 Å². The van der Waals surface area contributed by atoms with Gasteiger partial charge in [-0.05, 0) is 41.1 Å². The highest BCUT2D eigenvalue weighted by Gasteiger charge is 2.18. The van der Waals surface area contributed by atoms with Gasteiger partial charge in [0.1, 0.15) is 0 Å². The maximum Gasteiger partial charge on any atom is 0.204 e. The number of rotatable bonds is 2. The summed E-state index contributed by atoms with van der Waals surface area (Å²) in [6.07, 6.45) is 0. The summed E-state index contributed by atoms with van der Waals surface area (Å²) < 4.78 is 0.905. The molecule has 0 spiro atoms. The van der Waals surface area contributed by atoms with Crippen molar-refractivity contribution in [3.8, 4) is 0 Å². The summed E-state index contributed by atoms with van der Waals surface area (Å²) in [6.45, 7) is 1.93. The van der Waals surface area contributed by atoms with Crippen LogP contribution in [0.5, 0.6) is 0 Å². The number of nitrogens with two attached hydrogens (primary N) is 1. The van der Waals surface area contributed by atoms with E-state index in [9.17, 15) is 4.79 Å². The Bertz CT molecular complexity index is 620. The molecule has 94 valence electrons. The van der Waals surface area contributed by atoms with Gasteiger partial charge in [-0.3, -0.25) is 4.79 Å². The molecule has 2 N–H and O–H groups in total. The van der Waals surface area contributed by atoms with Gasteiger partial charge in [0.2, 0.25) is 5.78 Å². The van der Waals surface area contributed by atoms with Crippen molar-refractivity contribution in [1.82, 2.24) is 0 Å². The first kappa shape index (κ1) is 13.9. The summed E-state index contributed by atoms with van der Waals surface area (Å²) in [5.41, 5.74) is 6.42. The Kier molecular flexibility index (Phi) is 4.02. The molecule has 2 nitrogen and oxygen atoms in total. The van der Waals surface area contributed by atoms with Crippen LogP contribution < -0.4 is 5.73 Å². The van der Waals surface area contributed by atoms with Crippen molar-refractivity contribution in [1.29, 1.82) is 0 Å². The number of thiophene rings is 1. The SMILES string of the molecule is Cc1sc(C(=O)c2cc(N)cc(Cl)c2Cl)cc1Br. The summed E-state index contributed by atoms with van der Waals surface area (Å²) in [6, 6.07) is 4.84. The number of anilines is 1. The molecule has 0 saturated heterocycles. The lowest BCUT2D eigenvalue weighted by Crippen LogP contribution is -2.01. The highest BCUT2D eigenvalue weighted by atomic mass is 79.9. The van der Waals surface area contributed by atoms with Crippen molar-refractivity contribution in [2.75, 3.05) is 5.73 Å². The molecule has 0 bridgehead atoms. The molecule has 1 heterocycles. The molecule has 6 heteroatoms. The van der Waals surface area contributed by atoms with Gasteiger partial charge in [-0.15, -0.1) is 11.3 Å². The van der Waals surface area contributed by atoms with E-state index in [1.807, 2.05) is 6.92 Å². The van der Waals surface area contributed by atoms with Crippen molar-refractivity contribution < 1.29 is 4.79 Å². The predicted molar refractivity (Wildman–Crippen MR) is 81.1 cm³/mol. The number of carbonyl (C=O) groups excluding carboxylic acids is 1. The van der Waals surface area contributed by atoms with E-state index in [1.54, 1.807) is 12.1 Å². The molecule has 18 heavy (non-hydrogen) atoms. The average molecular weight is 365 g/mol. The van der Waals surface area contributed by atoms with Gasteiger partial charge in [-0.25, -0.2) is 0 Å². The third-order valence-electron chi connectivity index (χ3n) is 2.38.